The van der Waals surface area contributed by atoms with Gasteiger partial charge in [0.1, 0.15) is 11.9 Å². The number of halogens is 8. The lowest BCUT2D eigenvalue weighted by Gasteiger charge is -2.15. The number of nitrogens with one attached hydrogen (secondary N) is 1. The normalized spacial score (nSPS) is 13.0. The molecule has 1 N–H and O–H groups in total. The zero-order valence-corrected chi connectivity index (χ0v) is 17.1. The molecule has 4 nitrogen and oxygen atoms in total. The van der Waals surface area contributed by atoms with Gasteiger partial charge in [0.05, 0.1) is 12.1 Å². The van der Waals surface area contributed by atoms with Crippen LogP contribution in [-0.4, -0.2) is 22.4 Å². The summed E-state index contributed by atoms with van der Waals surface area (Å²) >= 11 is 6.08. The monoisotopic (exact) mass is 491 g/mol. The largest absolute Gasteiger partial charge is 0.434 e. The number of pyridine rings is 2. The summed E-state index contributed by atoms with van der Waals surface area (Å²) in [6.07, 6.45) is -9.46. The molecule has 0 radical (unpaired) electrons. The number of aromatic nitrogens is 2. The Labute approximate surface area is 187 Å². The van der Waals surface area contributed by atoms with E-state index in [1.807, 2.05) is 0 Å². The van der Waals surface area contributed by atoms with Crippen LogP contribution >= 0.6 is 11.6 Å². The number of alkyl halides is 7. The van der Waals surface area contributed by atoms with Crippen LogP contribution in [0.4, 0.5) is 30.7 Å². The maximum absolute atomic E-state index is 14.7. The number of carbonyl (C=O) groups is 1. The van der Waals surface area contributed by atoms with Gasteiger partial charge in [0, 0.05) is 28.5 Å². The summed E-state index contributed by atoms with van der Waals surface area (Å²) in [6, 6.07) is 7.98. The predicted molar refractivity (Wildman–Crippen MR) is 105 cm³/mol. The van der Waals surface area contributed by atoms with Crippen molar-refractivity contribution in [2.75, 3.05) is 6.54 Å². The molecule has 0 aliphatic heterocycles. The summed E-state index contributed by atoms with van der Waals surface area (Å²) < 4.78 is 91.5. The Balaban J connectivity index is 1.72. The van der Waals surface area contributed by atoms with Crippen molar-refractivity contribution in [3.8, 4) is 11.1 Å². The minimum Gasteiger partial charge on any atom is -0.349 e. The molecule has 0 aliphatic carbocycles. The Morgan fingerprint density at radius 3 is 2.24 bits per heavy atom. The van der Waals surface area contributed by atoms with E-state index in [9.17, 15) is 35.5 Å². The maximum Gasteiger partial charge on any atom is 0.434 e. The summed E-state index contributed by atoms with van der Waals surface area (Å²) in [5.41, 5.74) is -2.62. The van der Waals surface area contributed by atoms with E-state index in [-0.39, 0.29) is 10.6 Å². The second kappa shape index (κ2) is 9.34. The van der Waals surface area contributed by atoms with E-state index in [0.717, 1.165) is 30.6 Å². The van der Waals surface area contributed by atoms with Crippen molar-refractivity contribution in [1.82, 2.24) is 15.3 Å². The van der Waals surface area contributed by atoms with Gasteiger partial charge >= 0.3 is 12.4 Å². The fourth-order valence-electron chi connectivity index (χ4n) is 2.89. The molecule has 2 heterocycles. The van der Waals surface area contributed by atoms with Crippen LogP contribution < -0.4 is 5.32 Å². The number of nitrogens with zero attached hydrogens (tertiary/aromatic N) is 2. The lowest BCUT2D eigenvalue weighted by Crippen LogP contribution is -2.29. The number of rotatable bonds is 5. The molecule has 0 saturated heterocycles. The van der Waals surface area contributed by atoms with Gasteiger partial charge in [0.2, 0.25) is 0 Å². The van der Waals surface area contributed by atoms with E-state index in [2.05, 4.69) is 15.3 Å². The van der Waals surface area contributed by atoms with Crippen LogP contribution in [0.2, 0.25) is 5.02 Å². The quantitative estimate of drug-likeness (QED) is 0.428. The van der Waals surface area contributed by atoms with Crippen LogP contribution in [0.3, 0.4) is 0 Å². The molecule has 12 heteroatoms. The highest BCUT2D eigenvalue weighted by molar-refractivity contribution is 6.31. The molecule has 33 heavy (non-hydrogen) atoms. The molecule has 1 aromatic carbocycles. The van der Waals surface area contributed by atoms with Gasteiger partial charge < -0.3 is 5.32 Å². The molecule has 0 bridgehead atoms. The molecule has 0 aliphatic rings. The first-order chi connectivity index (χ1) is 15.4. The smallest absolute Gasteiger partial charge is 0.349 e. The SMILES string of the molecule is O=C(NCC(F)c1ccc(-c2ccc(C(F)(F)F)nc2)cc1Cl)c1cccnc1C(F)(F)F. The summed E-state index contributed by atoms with van der Waals surface area (Å²) in [7, 11) is 0. The van der Waals surface area contributed by atoms with Gasteiger partial charge in [-0.15, -0.1) is 0 Å². The van der Waals surface area contributed by atoms with Crippen molar-refractivity contribution in [2.45, 2.75) is 18.5 Å². The van der Waals surface area contributed by atoms with Crippen LogP contribution in [0.5, 0.6) is 0 Å². The zero-order valence-electron chi connectivity index (χ0n) is 16.3. The zero-order chi connectivity index (χ0) is 24.4. The second-order valence-electron chi connectivity index (χ2n) is 6.74. The van der Waals surface area contributed by atoms with Gasteiger partial charge in [-0.05, 0) is 29.8 Å². The van der Waals surface area contributed by atoms with E-state index in [4.69, 9.17) is 11.6 Å². The van der Waals surface area contributed by atoms with Crippen LogP contribution in [0.25, 0.3) is 11.1 Å². The van der Waals surface area contributed by atoms with Crippen LogP contribution in [0.1, 0.15) is 33.5 Å². The van der Waals surface area contributed by atoms with E-state index < -0.39 is 47.9 Å². The Bertz CT molecular complexity index is 1150. The van der Waals surface area contributed by atoms with E-state index in [1.54, 1.807) is 0 Å². The van der Waals surface area contributed by atoms with E-state index in [0.29, 0.717) is 11.1 Å². The summed E-state index contributed by atoms with van der Waals surface area (Å²) in [5.74, 6) is -1.17. The van der Waals surface area contributed by atoms with Gasteiger partial charge in [-0.3, -0.25) is 14.8 Å². The van der Waals surface area contributed by atoms with Gasteiger partial charge in [0.25, 0.3) is 5.91 Å². The van der Waals surface area contributed by atoms with Crippen molar-refractivity contribution in [2.24, 2.45) is 0 Å². The number of benzene rings is 1. The molecule has 0 fully saturated rings. The first-order valence-electron chi connectivity index (χ1n) is 9.15. The van der Waals surface area contributed by atoms with Gasteiger partial charge in [-0.2, -0.15) is 26.3 Å². The topological polar surface area (TPSA) is 54.9 Å². The Kier molecular flexibility index (Phi) is 6.92. The molecular formula is C21H13ClF7N3O. The third kappa shape index (κ3) is 5.78. The average molecular weight is 492 g/mol. The van der Waals surface area contributed by atoms with Crippen molar-refractivity contribution >= 4 is 17.5 Å². The van der Waals surface area contributed by atoms with E-state index in [1.165, 1.54) is 24.3 Å². The summed E-state index contributed by atoms with van der Waals surface area (Å²) in [5, 5.41) is 1.98. The fourth-order valence-corrected chi connectivity index (χ4v) is 3.19. The standard InChI is InChI=1S/C21H13ClF7N3O/c22-15-8-11(12-4-6-17(31-9-12)20(24,25)26)3-5-13(15)16(23)10-32-19(33)14-2-1-7-30-18(14)21(27,28)29/h1-9,16H,10H2,(H,32,33). The van der Waals surface area contributed by atoms with Crippen LogP contribution in [-0.2, 0) is 12.4 Å². The number of carbonyl (C=O) groups excluding carboxylic acids is 1. The number of hydrogen-bond acceptors (Lipinski definition) is 3. The molecule has 2 aromatic heterocycles. The molecule has 0 spiro atoms. The Morgan fingerprint density at radius 1 is 0.970 bits per heavy atom. The second-order valence-corrected chi connectivity index (χ2v) is 7.15. The highest BCUT2D eigenvalue weighted by Gasteiger charge is 2.37. The average Bonchev–Trinajstić information content (AvgIpc) is 2.76. The first kappa shape index (κ1) is 24.4. The summed E-state index contributed by atoms with van der Waals surface area (Å²) in [6.45, 7) is -0.675. The third-order valence-electron chi connectivity index (χ3n) is 4.49. The Morgan fingerprint density at radius 2 is 1.67 bits per heavy atom. The Hall–Kier alpha value is -3.21. The van der Waals surface area contributed by atoms with Crippen LogP contribution in [0, 0.1) is 0 Å². The molecule has 3 rings (SSSR count). The van der Waals surface area contributed by atoms with Crippen LogP contribution in [0.15, 0.2) is 54.9 Å². The molecule has 1 unspecified atom stereocenters. The molecule has 0 saturated carbocycles. The molecular weight excluding hydrogens is 479 g/mol. The number of hydrogen-bond donors (Lipinski definition) is 1. The van der Waals surface area contributed by atoms with Crippen molar-refractivity contribution in [1.29, 1.82) is 0 Å². The molecule has 174 valence electrons. The highest BCUT2D eigenvalue weighted by atomic mass is 35.5. The number of amides is 1. The van der Waals surface area contributed by atoms with Crippen molar-refractivity contribution in [3.63, 3.8) is 0 Å². The third-order valence-corrected chi connectivity index (χ3v) is 4.82. The van der Waals surface area contributed by atoms with Crippen molar-refractivity contribution in [3.05, 3.63) is 82.4 Å². The summed E-state index contributed by atoms with van der Waals surface area (Å²) in [4.78, 5) is 18.6. The van der Waals surface area contributed by atoms with Gasteiger partial charge in [0.15, 0.2) is 5.69 Å². The first-order valence-corrected chi connectivity index (χ1v) is 9.53. The van der Waals surface area contributed by atoms with Gasteiger partial charge in [-0.25, -0.2) is 4.39 Å². The lowest BCUT2D eigenvalue weighted by atomic mass is 10.0. The highest BCUT2D eigenvalue weighted by Crippen LogP contribution is 2.33. The maximum atomic E-state index is 14.7. The fraction of sp³-hybridized carbons (Fsp3) is 0.190. The molecule has 1 atom stereocenters. The minimum atomic E-state index is -4.87. The van der Waals surface area contributed by atoms with E-state index >= 15 is 0 Å². The molecule has 3 aromatic rings. The predicted octanol–water partition coefficient (Wildman–Crippen LogP) is 6.28. The van der Waals surface area contributed by atoms with Crippen molar-refractivity contribution < 1.29 is 35.5 Å². The minimum absolute atomic E-state index is 0.0668. The molecule has 1 amide bonds. The van der Waals surface area contributed by atoms with Gasteiger partial charge in [-0.1, -0.05) is 29.8 Å². The lowest BCUT2D eigenvalue weighted by molar-refractivity contribution is -0.142.